The second-order valence-corrected chi connectivity index (χ2v) is 7.46. The Morgan fingerprint density at radius 2 is 2.07 bits per heavy atom. The van der Waals surface area contributed by atoms with Gasteiger partial charge in [0.2, 0.25) is 0 Å². The van der Waals surface area contributed by atoms with Crippen molar-refractivity contribution in [1.82, 2.24) is 10.2 Å². The van der Waals surface area contributed by atoms with E-state index in [4.69, 9.17) is 21.1 Å². The number of nitrogens with zero attached hydrogens (tertiary/aromatic N) is 3. The van der Waals surface area contributed by atoms with Crippen molar-refractivity contribution in [1.29, 1.82) is 0 Å². The molecule has 0 saturated carbocycles. The van der Waals surface area contributed by atoms with Gasteiger partial charge in [-0.1, -0.05) is 23.7 Å². The SMILES string of the molecule is CN=C(NCCCOCC1CCOC1)N1CCN(c2ccccc2Cl)CC1.I. The summed E-state index contributed by atoms with van der Waals surface area (Å²) in [5, 5.41) is 4.28. The Bertz CT molecular complexity index is 606. The summed E-state index contributed by atoms with van der Waals surface area (Å²) in [6.45, 7) is 7.96. The van der Waals surface area contributed by atoms with Gasteiger partial charge in [-0.3, -0.25) is 4.99 Å². The average molecular weight is 523 g/mol. The molecule has 158 valence electrons. The summed E-state index contributed by atoms with van der Waals surface area (Å²) in [7, 11) is 1.85. The molecule has 0 aliphatic carbocycles. The average Bonchev–Trinajstić information content (AvgIpc) is 3.22. The van der Waals surface area contributed by atoms with Crippen molar-refractivity contribution >= 4 is 47.2 Å². The molecule has 0 spiro atoms. The summed E-state index contributed by atoms with van der Waals surface area (Å²) in [5.41, 5.74) is 1.12. The van der Waals surface area contributed by atoms with Crippen molar-refractivity contribution in [3.05, 3.63) is 29.3 Å². The van der Waals surface area contributed by atoms with Crippen LogP contribution in [-0.4, -0.2) is 77.1 Å². The minimum atomic E-state index is 0. The minimum Gasteiger partial charge on any atom is -0.381 e. The number of piperazine rings is 1. The van der Waals surface area contributed by atoms with Gasteiger partial charge in [0.25, 0.3) is 0 Å². The molecular weight excluding hydrogens is 491 g/mol. The van der Waals surface area contributed by atoms with Crippen LogP contribution in [0.3, 0.4) is 0 Å². The van der Waals surface area contributed by atoms with Crippen LogP contribution in [0.5, 0.6) is 0 Å². The van der Waals surface area contributed by atoms with Crippen LogP contribution in [0.15, 0.2) is 29.3 Å². The van der Waals surface area contributed by atoms with E-state index in [1.54, 1.807) is 0 Å². The molecule has 0 radical (unpaired) electrons. The van der Waals surface area contributed by atoms with Crippen molar-refractivity contribution in [2.45, 2.75) is 12.8 Å². The summed E-state index contributed by atoms with van der Waals surface area (Å²) in [4.78, 5) is 9.09. The molecule has 0 amide bonds. The maximum atomic E-state index is 6.33. The predicted molar refractivity (Wildman–Crippen MR) is 126 cm³/mol. The van der Waals surface area contributed by atoms with Crippen LogP contribution in [-0.2, 0) is 9.47 Å². The first kappa shape index (κ1) is 23.5. The molecule has 2 heterocycles. The van der Waals surface area contributed by atoms with E-state index in [0.717, 1.165) is 88.7 Å². The largest absolute Gasteiger partial charge is 0.381 e. The van der Waals surface area contributed by atoms with E-state index in [0.29, 0.717) is 5.92 Å². The van der Waals surface area contributed by atoms with Crippen LogP contribution in [0.1, 0.15) is 12.8 Å². The number of benzene rings is 1. The molecule has 2 saturated heterocycles. The quantitative estimate of drug-likeness (QED) is 0.258. The number of guanidine groups is 1. The molecule has 6 nitrogen and oxygen atoms in total. The number of hydrogen-bond acceptors (Lipinski definition) is 4. The Balaban J connectivity index is 0.00000280. The van der Waals surface area contributed by atoms with Crippen molar-refractivity contribution in [2.75, 3.05) is 71.1 Å². The molecule has 1 aromatic rings. The zero-order valence-electron chi connectivity index (χ0n) is 16.6. The molecule has 1 atom stereocenters. The first-order valence-electron chi connectivity index (χ1n) is 9.88. The topological polar surface area (TPSA) is 49.3 Å². The van der Waals surface area contributed by atoms with Crippen LogP contribution in [0.25, 0.3) is 0 Å². The predicted octanol–water partition coefficient (Wildman–Crippen LogP) is 3.10. The van der Waals surface area contributed by atoms with Gasteiger partial charge in [-0.2, -0.15) is 0 Å². The van der Waals surface area contributed by atoms with Crippen molar-refractivity contribution in [2.24, 2.45) is 10.9 Å². The monoisotopic (exact) mass is 522 g/mol. The number of hydrogen-bond donors (Lipinski definition) is 1. The fourth-order valence-corrected chi connectivity index (χ4v) is 3.79. The number of ether oxygens (including phenoxy) is 2. The van der Waals surface area contributed by atoms with Gasteiger partial charge in [-0.05, 0) is 25.0 Å². The molecule has 8 heteroatoms. The van der Waals surface area contributed by atoms with Gasteiger partial charge >= 0.3 is 0 Å². The Kier molecular flexibility index (Phi) is 10.7. The van der Waals surface area contributed by atoms with E-state index in [1.165, 1.54) is 0 Å². The number of halogens is 2. The van der Waals surface area contributed by atoms with Crippen molar-refractivity contribution < 1.29 is 9.47 Å². The highest BCUT2D eigenvalue weighted by molar-refractivity contribution is 14.0. The summed E-state index contributed by atoms with van der Waals surface area (Å²) in [6, 6.07) is 8.04. The zero-order chi connectivity index (χ0) is 18.9. The highest BCUT2D eigenvalue weighted by Gasteiger charge is 2.21. The molecule has 2 fully saturated rings. The lowest BCUT2D eigenvalue weighted by molar-refractivity contribution is 0.0887. The normalized spacial score (nSPS) is 20.2. The van der Waals surface area contributed by atoms with Gasteiger partial charge in [0.15, 0.2) is 5.96 Å². The third-order valence-electron chi connectivity index (χ3n) is 5.11. The van der Waals surface area contributed by atoms with E-state index >= 15 is 0 Å². The Hall–Kier alpha value is -0.770. The standard InChI is InChI=1S/C20H31ClN4O2.HI/c1-22-20(23-8-4-13-26-15-17-7-14-27-16-17)25-11-9-24(10-12-25)19-6-3-2-5-18(19)21;/h2-3,5-6,17H,4,7-16H2,1H3,(H,22,23);1H. The van der Waals surface area contributed by atoms with Crippen molar-refractivity contribution in [3.8, 4) is 0 Å². The maximum absolute atomic E-state index is 6.33. The van der Waals surface area contributed by atoms with E-state index < -0.39 is 0 Å². The fourth-order valence-electron chi connectivity index (χ4n) is 3.54. The van der Waals surface area contributed by atoms with Gasteiger partial charge in [0.1, 0.15) is 0 Å². The van der Waals surface area contributed by atoms with Gasteiger partial charge in [0.05, 0.1) is 23.9 Å². The molecule has 2 aliphatic rings. The Morgan fingerprint density at radius 3 is 2.75 bits per heavy atom. The molecular formula is C20H32ClIN4O2. The zero-order valence-corrected chi connectivity index (χ0v) is 19.7. The molecule has 3 rings (SSSR count). The first-order valence-corrected chi connectivity index (χ1v) is 10.3. The first-order chi connectivity index (χ1) is 13.3. The lowest BCUT2D eigenvalue weighted by atomic mass is 10.1. The summed E-state index contributed by atoms with van der Waals surface area (Å²) in [5.74, 6) is 1.55. The molecule has 1 unspecified atom stereocenters. The third-order valence-corrected chi connectivity index (χ3v) is 5.43. The molecule has 28 heavy (non-hydrogen) atoms. The van der Waals surface area contributed by atoms with E-state index in [9.17, 15) is 0 Å². The number of anilines is 1. The summed E-state index contributed by atoms with van der Waals surface area (Å²) >= 11 is 6.33. The molecule has 1 N–H and O–H groups in total. The van der Waals surface area contributed by atoms with E-state index in [1.807, 2.05) is 25.2 Å². The van der Waals surface area contributed by atoms with Crippen LogP contribution >= 0.6 is 35.6 Å². The van der Waals surface area contributed by atoms with E-state index in [-0.39, 0.29) is 24.0 Å². The molecule has 0 bridgehead atoms. The lowest BCUT2D eigenvalue weighted by Gasteiger charge is -2.38. The number of para-hydroxylation sites is 1. The van der Waals surface area contributed by atoms with Crippen molar-refractivity contribution in [3.63, 3.8) is 0 Å². The van der Waals surface area contributed by atoms with Crippen LogP contribution in [0.4, 0.5) is 5.69 Å². The second kappa shape index (κ2) is 12.7. The highest BCUT2D eigenvalue weighted by Crippen LogP contribution is 2.26. The van der Waals surface area contributed by atoms with Gasteiger partial charge in [0, 0.05) is 58.9 Å². The molecule has 0 aromatic heterocycles. The third kappa shape index (κ3) is 6.93. The van der Waals surface area contributed by atoms with Gasteiger partial charge < -0.3 is 24.6 Å². The Morgan fingerprint density at radius 1 is 1.29 bits per heavy atom. The van der Waals surface area contributed by atoms with Gasteiger partial charge in [-0.25, -0.2) is 0 Å². The lowest BCUT2D eigenvalue weighted by Crippen LogP contribution is -2.52. The maximum Gasteiger partial charge on any atom is 0.193 e. The fraction of sp³-hybridized carbons (Fsp3) is 0.650. The van der Waals surface area contributed by atoms with Crippen LogP contribution < -0.4 is 10.2 Å². The number of rotatable bonds is 7. The van der Waals surface area contributed by atoms with Crippen LogP contribution in [0.2, 0.25) is 5.02 Å². The molecule has 2 aliphatic heterocycles. The number of aliphatic imine (C=N–C) groups is 1. The minimum absolute atomic E-state index is 0. The highest BCUT2D eigenvalue weighted by atomic mass is 127. The van der Waals surface area contributed by atoms with Crippen LogP contribution in [0, 0.1) is 5.92 Å². The number of nitrogens with one attached hydrogen (secondary N) is 1. The Labute approximate surface area is 190 Å². The second-order valence-electron chi connectivity index (χ2n) is 7.06. The summed E-state index contributed by atoms with van der Waals surface area (Å²) < 4.78 is 11.1. The molecule has 1 aromatic carbocycles. The summed E-state index contributed by atoms with van der Waals surface area (Å²) in [6.07, 6.45) is 2.11. The van der Waals surface area contributed by atoms with E-state index in [2.05, 4.69) is 26.2 Å². The smallest absolute Gasteiger partial charge is 0.193 e. The van der Waals surface area contributed by atoms with Gasteiger partial charge in [-0.15, -0.1) is 24.0 Å².